The number of hydrogen-bond acceptors (Lipinski definition) is 7. The lowest BCUT2D eigenvalue weighted by molar-refractivity contribution is -0.142. The Morgan fingerprint density at radius 3 is 2.81 bits per heavy atom. The van der Waals surface area contributed by atoms with Crippen LogP contribution in [0.1, 0.15) is 39.8 Å². The first kappa shape index (κ1) is 21.7. The predicted molar refractivity (Wildman–Crippen MR) is 123 cm³/mol. The molecular weight excluding hydrogens is 428 g/mol. The zero-order valence-corrected chi connectivity index (χ0v) is 18.4. The smallest absolute Gasteiger partial charge is 0.341 e. The Kier molecular flexibility index (Phi) is 6.61. The van der Waals surface area contributed by atoms with Crippen molar-refractivity contribution in [3.05, 3.63) is 64.2 Å². The zero-order chi connectivity index (χ0) is 22.5. The van der Waals surface area contributed by atoms with Crippen LogP contribution in [0, 0.1) is 0 Å². The Morgan fingerprint density at radius 2 is 1.97 bits per heavy atom. The van der Waals surface area contributed by atoms with Gasteiger partial charge in [0.15, 0.2) is 6.61 Å². The van der Waals surface area contributed by atoms with E-state index in [-0.39, 0.29) is 6.61 Å². The summed E-state index contributed by atoms with van der Waals surface area (Å²) < 4.78 is 10.2. The largest absolute Gasteiger partial charge is 0.462 e. The van der Waals surface area contributed by atoms with E-state index in [1.165, 1.54) is 23.5 Å². The Bertz CT molecular complexity index is 1210. The van der Waals surface area contributed by atoms with Crippen molar-refractivity contribution in [3.63, 3.8) is 0 Å². The van der Waals surface area contributed by atoms with Crippen molar-refractivity contribution in [1.29, 1.82) is 0 Å². The summed E-state index contributed by atoms with van der Waals surface area (Å²) in [6.45, 7) is 1.54. The molecule has 1 aromatic carbocycles. The molecule has 164 valence electrons. The molecule has 1 aliphatic carbocycles. The maximum absolute atomic E-state index is 12.4. The lowest BCUT2D eigenvalue weighted by atomic mass is 10.1. The van der Waals surface area contributed by atoms with E-state index in [0.29, 0.717) is 16.3 Å². The number of amides is 1. The number of esters is 2. The normalized spacial score (nSPS) is 12.7. The molecule has 0 saturated heterocycles. The standard InChI is InChI=1S/C24H22N2O5S/c1-2-30-24(29)22-17-7-5-9-19(17)32-23(22)26-20(27)14-31-21(28)13-12-16-11-10-15-6-3-4-8-18(15)25-16/h3-4,6,8,10-13H,2,5,7,9,14H2,1H3,(H,26,27)/b13-12+. The number of nitrogens with one attached hydrogen (secondary N) is 1. The summed E-state index contributed by atoms with van der Waals surface area (Å²) >= 11 is 1.38. The topological polar surface area (TPSA) is 94.6 Å². The summed E-state index contributed by atoms with van der Waals surface area (Å²) in [6, 6.07) is 11.4. The quantitative estimate of drug-likeness (QED) is 0.429. The molecule has 3 aromatic rings. The van der Waals surface area contributed by atoms with Crippen LogP contribution < -0.4 is 5.32 Å². The number of para-hydroxylation sites is 1. The molecule has 2 heterocycles. The van der Waals surface area contributed by atoms with E-state index in [4.69, 9.17) is 9.47 Å². The Morgan fingerprint density at radius 1 is 1.12 bits per heavy atom. The molecule has 7 nitrogen and oxygen atoms in total. The van der Waals surface area contributed by atoms with Gasteiger partial charge in [-0.1, -0.05) is 24.3 Å². The summed E-state index contributed by atoms with van der Waals surface area (Å²) in [5.74, 6) is -1.61. The van der Waals surface area contributed by atoms with Crippen molar-refractivity contribution in [2.75, 3.05) is 18.5 Å². The van der Waals surface area contributed by atoms with E-state index in [1.54, 1.807) is 13.0 Å². The van der Waals surface area contributed by atoms with Crippen LogP contribution in [-0.2, 0) is 31.9 Å². The van der Waals surface area contributed by atoms with Gasteiger partial charge in [0.1, 0.15) is 5.00 Å². The number of carbonyl (C=O) groups is 3. The lowest BCUT2D eigenvalue weighted by Crippen LogP contribution is -2.21. The zero-order valence-electron chi connectivity index (χ0n) is 17.6. The maximum Gasteiger partial charge on any atom is 0.341 e. The Balaban J connectivity index is 1.35. The Labute approximate surface area is 189 Å². The molecule has 8 heteroatoms. The SMILES string of the molecule is CCOC(=O)c1c(NC(=O)COC(=O)/C=C/c2ccc3ccccc3n2)sc2c1CCC2. The molecule has 0 atom stereocenters. The average molecular weight is 451 g/mol. The number of benzene rings is 1. The second-order valence-electron chi connectivity index (χ2n) is 7.20. The van der Waals surface area contributed by atoms with Crippen LogP contribution in [-0.4, -0.2) is 36.0 Å². The molecule has 0 aliphatic heterocycles. The van der Waals surface area contributed by atoms with Crippen LogP contribution in [0.3, 0.4) is 0 Å². The molecule has 1 aliphatic rings. The van der Waals surface area contributed by atoms with E-state index < -0.39 is 24.5 Å². The number of carbonyl (C=O) groups excluding carboxylic acids is 3. The third kappa shape index (κ3) is 4.86. The molecule has 0 radical (unpaired) electrons. The number of aromatic nitrogens is 1. The minimum atomic E-state index is -0.658. The maximum atomic E-state index is 12.4. The number of ether oxygens (including phenoxy) is 2. The van der Waals surface area contributed by atoms with Crippen LogP contribution >= 0.6 is 11.3 Å². The number of rotatable bonds is 7. The third-order valence-electron chi connectivity index (χ3n) is 5.01. The van der Waals surface area contributed by atoms with Crippen LogP contribution in [0.15, 0.2) is 42.5 Å². The van der Waals surface area contributed by atoms with E-state index in [9.17, 15) is 14.4 Å². The van der Waals surface area contributed by atoms with Gasteiger partial charge >= 0.3 is 11.9 Å². The number of aryl methyl sites for hydroxylation is 1. The van der Waals surface area contributed by atoms with Gasteiger partial charge in [-0.3, -0.25) is 4.79 Å². The fourth-order valence-corrected chi connectivity index (χ4v) is 4.88. The summed E-state index contributed by atoms with van der Waals surface area (Å²) in [5.41, 5.74) is 2.80. The molecule has 0 saturated carbocycles. The molecule has 32 heavy (non-hydrogen) atoms. The van der Waals surface area contributed by atoms with E-state index in [2.05, 4.69) is 10.3 Å². The van der Waals surface area contributed by atoms with E-state index in [0.717, 1.165) is 40.6 Å². The molecule has 0 unspecified atom stereocenters. The van der Waals surface area contributed by atoms with Crippen LogP contribution in [0.2, 0.25) is 0 Å². The highest BCUT2D eigenvalue weighted by molar-refractivity contribution is 7.17. The number of hydrogen-bond donors (Lipinski definition) is 1. The minimum absolute atomic E-state index is 0.257. The molecular formula is C24H22N2O5S. The predicted octanol–water partition coefficient (Wildman–Crippen LogP) is 4.16. The van der Waals surface area contributed by atoms with Gasteiger partial charge in [-0.2, -0.15) is 0 Å². The van der Waals surface area contributed by atoms with Crippen molar-refractivity contribution in [3.8, 4) is 0 Å². The van der Waals surface area contributed by atoms with Gasteiger partial charge < -0.3 is 14.8 Å². The third-order valence-corrected chi connectivity index (χ3v) is 6.22. The minimum Gasteiger partial charge on any atom is -0.462 e. The van der Waals surface area contributed by atoms with Gasteiger partial charge in [0.05, 0.1) is 23.4 Å². The van der Waals surface area contributed by atoms with Crippen LogP contribution in [0.4, 0.5) is 5.00 Å². The molecule has 2 aromatic heterocycles. The first-order valence-electron chi connectivity index (χ1n) is 10.4. The summed E-state index contributed by atoms with van der Waals surface area (Å²) in [6.07, 6.45) is 5.42. The monoisotopic (exact) mass is 450 g/mol. The van der Waals surface area contributed by atoms with Gasteiger partial charge in [0.2, 0.25) is 0 Å². The summed E-state index contributed by atoms with van der Waals surface area (Å²) in [7, 11) is 0. The first-order valence-corrected chi connectivity index (χ1v) is 11.2. The van der Waals surface area contributed by atoms with Crippen molar-refractivity contribution in [1.82, 2.24) is 4.98 Å². The summed E-state index contributed by atoms with van der Waals surface area (Å²) in [4.78, 5) is 42.3. The molecule has 1 N–H and O–H groups in total. The number of thiophene rings is 1. The van der Waals surface area contributed by atoms with Crippen LogP contribution in [0.5, 0.6) is 0 Å². The van der Waals surface area contributed by atoms with Crippen molar-refractivity contribution >= 4 is 51.2 Å². The first-order chi connectivity index (χ1) is 15.5. The summed E-state index contributed by atoms with van der Waals surface area (Å²) in [5, 5.41) is 4.15. The highest BCUT2D eigenvalue weighted by Gasteiger charge is 2.28. The number of anilines is 1. The highest BCUT2D eigenvalue weighted by atomic mass is 32.1. The molecule has 1 amide bonds. The fraction of sp³-hybridized carbons (Fsp3) is 0.250. The Hall–Kier alpha value is -3.52. The van der Waals surface area contributed by atoms with Gasteiger partial charge in [0, 0.05) is 16.3 Å². The van der Waals surface area contributed by atoms with Crippen molar-refractivity contribution in [2.24, 2.45) is 0 Å². The van der Waals surface area contributed by atoms with Gasteiger partial charge in [-0.05, 0) is 50.0 Å². The number of nitrogens with zero attached hydrogens (tertiary/aromatic N) is 1. The van der Waals surface area contributed by atoms with Gasteiger partial charge in [-0.15, -0.1) is 11.3 Å². The second-order valence-corrected chi connectivity index (χ2v) is 8.31. The lowest BCUT2D eigenvalue weighted by Gasteiger charge is -2.08. The van der Waals surface area contributed by atoms with Crippen molar-refractivity contribution in [2.45, 2.75) is 26.2 Å². The van der Waals surface area contributed by atoms with Crippen LogP contribution in [0.25, 0.3) is 17.0 Å². The average Bonchev–Trinajstić information content (AvgIpc) is 3.37. The molecule has 0 fully saturated rings. The van der Waals surface area contributed by atoms with Crippen molar-refractivity contribution < 1.29 is 23.9 Å². The second kappa shape index (κ2) is 9.74. The van der Waals surface area contributed by atoms with Gasteiger partial charge in [-0.25, -0.2) is 14.6 Å². The number of pyridine rings is 1. The highest BCUT2D eigenvalue weighted by Crippen LogP contribution is 2.39. The molecule has 0 spiro atoms. The van der Waals surface area contributed by atoms with E-state index in [1.807, 2.05) is 30.3 Å². The van der Waals surface area contributed by atoms with Gasteiger partial charge in [0.25, 0.3) is 5.91 Å². The molecule has 4 rings (SSSR count). The van der Waals surface area contributed by atoms with E-state index >= 15 is 0 Å². The number of fused-ring (bicyclic) bond motifs is 2. The fourth-order valence-electron chi connectivity index (χ4n) is 3.59. The molecule has 0 bridgehead atoms.